The number of rotatable bonds is 16. The van der Waals surface area contributed by atoms with Crippen LogP contribution in [-0.4, -0.2) is 43.9 Å². The molecule has 1 heterocycles. The van der Waals surface area contributed by atoms with Crippen LogP contribution in [0.2, 0.25) is 0 Å². The molecular formula is C32H48O3S. The summed E-state index contributed by atoms with van der Waals surface area (Å²) in [5, 5.41) is 0.647. The van der Waals surface area contributed by atoms with Gasteiger partial charge in [0.1, 0.15) is 0 Å². The Labute approximate surface area is 224 Å². The van der Waals surface area contributed by atoms with Crippen molar-refractivity contribution < 1.29 is 14.2 Å². The number of hydrogen-bond donors (Lipinski definition) is 0. The van der Waals surface area contributed by atoms with Crippen LogP contribution < -0.4 is 0 Å². The lowest BCUT2D eigenvalue weighted by Crippen LogP contribution is -2.43. The Kier molecular flexibility index (Phi) is 13.4. The second-order valence-electron chi connectivity index (χ2n) is 9.97. The molecule has 0 aromatic heterocycles. The molecule has 0 aliphatic carbocycles. The van der Waals surface area contributed by atoms with E-state index in [-0.39, 0.29) is 17.5 Å². The van der Waals surface area contributed by atoms with E-state index in [1.54, 1.807) is 0 Å². The van der Waals surface area contributed by atoms with Gasteiger partial charge in [0.25, 0.3) is 0 Å². The van der Waals surface area contributed by atoms with E-state index in [4.69, 9.17) is 14.2 Å². The Morgan fingerprint density at radius 1 is 0.778 bits per heavy atom. The second-order valence-corrected chi connectivity index (χ2v) is 11.4. The Bertz CT molecular complexity index is 853. The summed E-state index contributed by atoms with van der Waals surface area (Å²) in [6, 6.07) is 18.1. The van der Waals surface area contributed by atoms with Crippen LogP contribution in [0, 0.1) is 0 Å². The van der Waals surface area contributed by atoms with Crippen LogP contribution in [0.5, 0.6) is 0 Å². The van der Waals surface area contributed by atoms with Gasteiger partial charge in [0, 0.05) is 25.1 Å². The van der Waals surface area contributed by atoms with Gasteiger partial charge in [0.05, 0.1) is 24.1 Å². The number of unbranched alkanes of at least 4 members (excludes halogenated alkanes) is 3. The summed E-state index contributed by atoms with van der Waals surface area (Å²) >= 11 is 2.03. The zero-order valence-corrected chi connectivity index (χ0v) is 23.9. The summed E-state index contributed by atoms with van der Waals surface area (Å²) < 4.78 is 19.2. The zero-order valence-electron chi connectivity index (χ0n) is 23.0. The van der Waals surface area contributed by atoms with Crippen molar-refractivity contribution in [3.05, 3.63) is 59.7 Å². The molecule has 4 heteroatoms. The number of ether oxygens (including phenoxy) is 3. The molecule has 36 heavy (non-hydrogen) atoms. The van der Waals surface area contributed by atoms with Crippen LogP contribution in [0.3, 0.4) is 0 Å². The average molecular weight is 513 g/mol. The van der Waals surface area contributed by atoms with Crippen LogP contribution in [-0.2, 0) is 20.6 Å². The maximum atomic E-state index is 6.61. The Hall–Kier alpha value is -1.33. The molecule has 0 N–H and O–H groups in total. The monoisotopic (exact) mass is 512 g/mol. The maximum Gasteiger partial charge on any atom is 0.0996 e. The van der Waals surface area contributed by atoms with E-state index in [0.717, 1.165) is 71.4 Å². The third-order valence-electron chi connectivity index (χ3n) is 6.99. The summed E-state index contributed by atoms with van der Waals surface area (Å²) in [6.07, 6.45) is 8.98. The van der Waals surface area contributed by atoms with Crippen LogP contribution >= 0.6 is 11.8 Å². The lowest BCUT2D eigenvalue weighted by molar-refractivity contribution is -0.0841. The number of benzene rings is 2. The summed E-state index contributed by atoms with van der Waals surface area (Å²) in [6.45, 7) is 12.1. The molecule has 0 radical (unpaired) electrons. The number of aryl methyl sites for hydroxylation is 1. The van der Waals surface area contributed by atoms with Crippen molar-refractivity contribution in [3.63, 3.8) is 0 Å². The first-order valence-electron chi connectivity index (χ1n) is 14.4. The molecule has 2 aromatic carbocycles. The molecule has 1 fully saturated rings. The summed E-state index contributed by atoms with van der Waals surface area (Å²) in [5.41, 5.74) is 5.25. The highest BCUT2D eigenvalue weighted by atomic mass is 32.2. The first-order valence-corrected chi connectivity index (χ1v) is 15.3. The minimum absolute atomic E-state index is 0.0583. The molecule has 0 unspecified atom stereocenters. The minimum Gasteiger partial charge on any atom is -0.380 e. The van der Waals surface area contributed by atoms with Gasteiger partial charge in [0.15, 0.2) is 0 Å². The van der Waals surface area contributed by atoms with Crippen molar-refractivity contribution in [2.75, 3.05) is 26.4 Å². The Morgan fingerprint density at radius 2 is 1.47 bits per heavy atom. The fourth-order valence-electron chi connectivity index (χ4n) is 4.69. The highest BCUT2D eigenvalue weighted by Gasteiger charge is 2.41. The van der Waals surface area contributed by atoms with Gasteiger partial charge >= 0.3 is 0 Å². The molecule has 200 valence electrons. The smallest absolute Gasteiger partial charge is 0.0996 e. The van der Waals surface area contributed by atoms with E-state index in [1.807, 2.05) is 11.8 Å². The van der Waals surface area contributed by atoms with Gasteiger partial charge in [0.2, 0.25) is 0 Å². The fraction of sp³-hybridized carbons (Fsp3) is 0.625. The third kappa shape index (κ3) is 8.90. The summed E-state index contributed by atoms with van der Waals surface area (Å²) in [7, 11) is 0. The van der Waals surface area contributed by atoms with Gasteiger partial charge in [-0.05, 0) is 60.4 Å². The van der Waals surface area contributed by atoms with Crippen LogP contribution in [0.25, 0.3) is 11.1 Å². The molecule has 1 aliphatic heterocycles. The lowest BCUT2D eigenvalue weighted by Gasteiger charge is -2.41. The van der Waals surface area contributed by atoms with Gasteiger partial charge in [-0.25, -0.2) is 0 Å². The molecule has 0 spiro atoms. The predicted molar refractivity (Wildman–Crippen MR) is 155 cm³/mol. The predicted octanol–water partition coefficient (Wildman–Crippen LogP) is 8.65. The number of hydrogen-bond acceptors (Lipinski definition) is 4. The first kappa shape index (κ1) is 29.2. The molecule has 4 atom stereocenters. The zero-order chi connectivity index (χ0) is 25.6. The molecule has 1 aliphatic rings. The normalized spacial score (nSPS) is 22.1. The quantitative estimate of drug-likeness (QED) is 0.210. The van der Waals surface area contributed by atoms with Gasteiger partial charge in [-0.15, -0.1) is 11.8 Å². The second kappa shape index (κ2) is 16.5. The molecule has 0 amide bonds. The Morgan fingerprint density at radius 3 is 2.17 bits per heavy atom. The van der Waals surface area contributed by atoms with Gasteiger partial charge in [-0.3, -0.25) is 0 Å². The van der Waals surface area contributed by atoms with Crippen molar-refractivity contribution in [2.45, 2.75) is 102 Å². The van der Waals surface area contributed by atoms with Gasteiger partial charge in [-0.1, -0.05) is 89.4 Å². The maximum absolute atomic E-state index is 6.61. The van der Waals surface area contributed by atoms with Gasteiger partial charge in [-0.2, -0.15) is 0 Å². The molecule has 3 rings (SSSR count). The largest absolute Gasteiger partial charge is 0.380 e. The van der Waals surface area contributed by atoms with Crippen molar-refractivity contribution in [2.24, 2.45) is 0 Å². The molecule has 2 aromatic rings. The SMILES string of the molecule is CCCCOC[C@@H]1C[C@H](OCCCC)[C@@H](OCCCC)[C@H](c2cccc(-c3ccc(CC)cc3)c2)S1. The number of thioether (sulfide) groups is 1. The van der Waals surface area contributed by atoms with E-state index in [0.29, 0.717) is 5.25 Å². The van der Waals surface area contributed by atoms with Crippen LogP contribution in [0.4, 0.5) is 0 Å². The molecular weight excluding hydrogens is 464 g/mol. The van der Waals surface area contributed by atoms with Crippen LogP contribution in [0.15, 0.2) is 48.5 Å². The standard InChI is InChI=1S/C32H48O3S/c1-5-9-19-33-24-29-23-30(34-20-10-6-2)31(35-21-11-7-3)32(36-29)28-14-12-13-27(22-28)26-17-15-25(8-4)16-18-26/h12-18,22,29-32H,5-11,19-21,23-24H2,1-4H3/t29-,30-,31+,32-/m0/s1. The average Bonchev–Trinajstić information content (AvgIpc) is 2.92. The first-order chi connectivity index (χ1) is 17.7. The van der Waals surface area contributed by atoms with Crippen LogP contribution in [0.1, 0.15) is 89.0 Å². The van der Waals surface area contributed by atoms with E-state index >= 15 is 0 Å². The summed E-state index contributed by atoms with van der Waals surface area (Å²) in [5.74, 6) is 0. The third-order valence-corrected chi connectivity index (χ3v) is 8.54. The summed E-state index contributed by atoms with van der Waals surface area (Å²) in [4.78, 5) is 0. The molecule has 0 saturated carbocycles. The lowest BCUT2D eigenvalue weighted by atomic mass is 9.95. The highest BCUT2D eigenvalue weighted by molar-refractivity contribution is 8.00. The van der Waals surface area contributed by atoms with Crippen molar-refractivity contribution in [1.29, 1.82) is 0 Å². The molecule has 1 saturated heterocycles. The Balaban J connectivity index is 1.86. The fourth-order valence-corrected chi connectivity index (χ4v) is 6.30. The van der Waals surface area contributed by atoms with E-state index in [1.165, 1.54) is 28.7 Å². The van der Waals surface area contributed by atoms with Crippen molar-refractivity contribution in [1.82, 2.24) is 0 Å². The minimum atomic E-state index is 0.0583. The topological polar surface area (TPSA) is 27.7 Å². The molecule has 0 bridgehead atoms. The van der Waals surface area contributed by atoms with E-state index in [2.05, 4.69) is 76.2 Å². The van der Waals surface area contributed by atoms with E-state index < -0.39 is 0 Å². The van der Waals surface area contributed by atoms with E-state index in [9.17, 15) is 0 Å². The van der Waals surface area contributed by atoms with Crippen molar-refractivity contribution >= 4 is 11.8 Å². The van der Waals surface area contributed by atoms with Gasteiger partial charge < -0.3 is 14.2 Å². The highest BCUT2D eigenvalue weighted by Crippen LogP contribution is 2.46. The molecule has 3 nitrogen and oxygen atoms in total. The van der Waals surface area contributed by atoms with Crippen molar-refractivity contribution in [3.8, 4) is 11.1 Å².